The normalized spacial score (nSPS) is 11.5. The van der Waals surface area contributed by atoms with Gasteiger partial charge in [0, 0.05) is 25.7 Å². The minimum absolute atomic E-state index is 0. The molecule has 0 atom stereocenters. The number of guanidine groups is 1. The van der Waals surface area contributed by atoms with Crippen LogP contribution in [0.3, 0.4) is 0 Å². The predicted molar refractivity (Wildman–Crippen MR) is 127 cm³/mol. The molecule has 9 heteroatoms. The molecule has 0 unspecified atom stereocenters. The van der Waals surface area contributed by atoms with Gasteiger partial charge >= 0.3 is 0 Å². The van der Waals surface area contributed by atoms with Crippen LogP contribution < -0.4 is 14.8 Å². The van der Waals surface area contributed by atoms with Crippen LogP contribution in [-0.2, 0) is 23.1 Å². The fourth-order valence-corrected chi connectivity index (χ4v) is 3.53. The van der Waals surface area contributed by atoms with Crippen LogP contribution in [0.25, 0.3) is 0 Å². The predicted octanol–water partition coefficient (Wildman–Crippen LogP) is 2.82. The number of halogens is 1. The number of sulfonamides is 1. The van der Waals surface area contributed by atoms with Gasteiger partial charge < -0.3 is 15.0 Å². The summed E-state index contributed by atoms with van der Waals surface area (Å²) in [6.07, 6.45) is 0. The van der Waals surface area contributed by atoms with Gasteiger partial charge in [0.15, 0.2) is 5.96 Å². The summed E-state index contributed by atoms with van der Waals surface area (Å²) >= 11 is 0. The molecule has 0 bridgehead atoms. The molecule has 7 nitrogen and oxygen atoms in total. The second-order valence-electron chi connectivity index (χ2n) is 6.19. The molecule has 0 spiro atoms. The fourth-order valence-electron chi connectivity index (χ4n) is 2.73. The summed E-state index contributed by atoms with van der Waals surface area (Å²) in [5.41, 5.74) is 1.87. The van der Waals surface area contributed by atoms with Crippen LogP contribution in [0.1, 0.15) is 18.1 Å². The van der Waals surface area contributed by atoms with E-state index in [2.05, 4.69) is 15.0 Å². The highest BCUT2D eigenvalue weighted by molar-refractivity contribution is 14.0. The van der Waals surface area contributed by atoms with E-state index < -0.39 is 10.0 Å². The van der Waals surface area contributed by atoms with E-state index in [1.807, 2.05) is 49.2 Å². The van der Waals surface area contributed by atoms with Crippen LogP contribution in [0.2, 0.25) is 0 Å². The van der Waals surface area contributed by atoms with Crippen molar-refractivity contribution in [1.82, 2.24) is 14.9 Å². The van der Waals surface area contributed by atoms with E-state index in [1.165, 1.54) is 7.05 Å². The molecule has 0 aromatic heterocycles. The van der Waals surface area contributed by atoms with Gasteiger partial charge in [0.1, 0.15) is 5.75 Å². The van der Waals surface area contributed by atoms with E-state index in [9.17, 15) is 8.42 Å². The van der Waals surface area contributed by atoms with E-state index in [0.717, 1.165) is 29.4 Å². The number of methoxy groups -OCH3 is 1. The molecule has 2 aromatic carbocycles. The van der Waals surface area contributed by atoms with Crippen LogP contribution in [0.5, 0.6) is 5.75 Å². The standard InChI is InChI=1S/C20H28N4O3S.HI/c1-5-22-20(24(3)15-17-10-6-7-12-19(17)27-4)23-14-16-9-8-11-18(13-16)28(25,26)21-2;/h6-13,21H,5,14-15H2,1-4H3,(H,22,23);1H. The van der Waals surface area contributed by atoms with Gasteiger partial charge in [-0.25, -0.2) is 18.1 Å². The Kier molecular flexibility index (Phi) is 10.4. The van der Waals surface area contributed by atoms with Crippen LogP contribution >= 0.6 is 24.0 Å². The fraction of sp³-hybridized carbons (Fsp3) is 0.350. The van der Waals surface area contributed by atoms with Crippen molar-refractivity contribution >= 4 is 40.0 Å². The smallest absolute Gasteiger partial charge is 0.240 e. The molecular weight excluding hydrogens is 503 g/mol. The molecule has 0 saturated carbocycles. The Balaban J connectivity index is 0.00000420. The molecule has 0 heterocycles. The second-order valence-corrected chi connectivity index (χ2v) is 8.08. The number of benzene rings is 2. The summed E-state index contributed by atoms with van der Waals surface area (Å²) in [6.45, 7) is 3.73. The first-order valence-electron chi connectivity index (χ1n) is 9.05. The monoisotopic (exact) mass is 532 g/mol. The Morgan fingerprint density at radius 3 is 2.55 bits per heavy atom. The van der Waals surface area contributed by atoms with E-state index >= 15 is 0 Å². The van der Waals surface area contributed by atoms with Crippen molar-refractivity contribution in [3.05, 3.63) is 59.7 Å². The van der Waals surface area contributed by atoms with Gasteiger partial charge in [-0.3, -0.25) is 0 Å². The maximum absolute atomic E-state index is 12.0. The van der Waals surface area contributed by atoms with Crippen molar-refractivity contribution < 1.29 is 13.2 Å². The number of hydrogen-bond acceptors (Lipinski definition) is 4. The number of aliphatic imine (C=N–C) groups is 1. The maximum Gasteiger partial charge on any atom is 0.240 e. The molecule has 160 valence electrons. The number of nitrogens with one attached hydrogen (secondary N) is 2. The number of ether oxygens (including phenoxy) is 1. The van der Waals surface area contributed by atoms with E-state index in [1.54, 1.807) is 25.3 Å². The van der Waals surface area contributed by atoms with Crippen LogP contribution in [0.4, 0.5) is 0 Å². The average molecular weight is 532 g/mol. The number of hydrogen-bond donors (Lipinski definition) is 2. The van der Waals surface area contributed by atoms with E-state index in [4.69, 9.17) is 4.74 Å². The van der Waals surface area contributed by atoms with Crippen LogP contribution in [0, 0.1) is 0 Å². The molecular formula is C20H29IN4O3S. The summed E-state index contributed by atoms with van der Waals surface area (Å²) in [6, 6.07) is 14.7. The summed E-state index contributed by atoms with van der Waals surface area (Å²) < 4.78 is 31.7. The molecule has 0 fully saturated rings. The maximum atomic E-state index is 12.0. The molecule has 29 heavy (non-hydrogen) atoms. The Morgan fingerprint density at radius 1 is 1.17 bits per heavy atom. The van der Waals surface area contributed by atoms with Crippen molar-refractivity contribution in [1.29, 1.82) is 0 Å². The zero-order chi connectivity index (χ0) is 20.6. The SMILES string of the molecule is CCNC(=NCc1cccc(S(=O)(=O)NC)c1)N(C)Cc1ccccc1OC.I. The Labute approximate surface area is 190 Å². The molecule has 0 amide bonds. The molecule has 0 saturated heterocycles. The van der Waals surface area contributed by atoms with Crippen molar-refractivity contribution in [2.75, 3.05) is 27.7 Å². The van der Waals surface area contributed by atoms with Crippen molar-refractivity contribution in [3.8, 4) is 5.75 Å². The highest BCUT2D eigenvalue weighted by Gasteiger charge is 2.12. The second kappa shape index (κ2) is 12.0. The van der Waals surface area contributed by atoms with Gasteiger partial charge in [-0.15, -0.1) is 24.0 Å². The molecule has 0 aliphatic carbocycles. The van der Waals surface area contributed by atoms with E-state index in [-0.39, 0.29) is 28.9 Å². The Hall–Kier alpha value is -1.85. The lowest BCUT2D eigenvalue weighted by atomic mass is 10.2. The highest BCUT2D eigenvalue weighted by atomic mass is 127. The van der Waals surface area contributed by atoms with Crippen molar-refractivity contribution in [2.24, 2.45) is 4.99 Å². The first-order chi connectivity index (χ1) is 13.4. The third kappa shape index (κ3) is 7.16. The number of nitrogens with zero attached hydrogens (tertiary/aromatic N) is 2. The minimum atomic E-state index is -3.47. The largest absolute Gasteiger partial charge is 0.496 e. The van der Waals surface area contributed by atoms with Gasteiger partial charge in [-0.2, -0.15) is 0 Å². The van der Waals surface area contributed by atoms with Crippen LogP contribution in [-0.4, -0.2) is 47.0 Å². The lowest BCUT2D eigenvalue weighted by molar-refractivity contribution is 0.396. The average Bonchev–Trinajstić information content (AvgIpc) is 2.71. The molecule has 0 aliphatic heterocycles. The van der Waals surface area contributed by atoms with Gasteiger partial charge in [-0.1, -0.05) is 30.3 Å². The first-order valence-corrected chi connectivity index (χ1v) is 10.5. The zero-order valence-corrected chi connectivity index (χ0v) is 20.3. The summed E-state index contributed by atoms with van der Waals surface area (Å²) in [4.78, 5) is 6.90. The van der Waals surface area contributed by atoms with Crippen molar-refractivity contribution in [3.63, 3.8) is 0 Å². The lowest BCUT2D eigenvalue weighted by Crippen LogP contribution is -2.38. The highest BCUT2D eigenvalue weighted by Crippen LogP contribution is 2.19. The van der Waals surface area contributed by atoms with Gasteiger partial charge in [0.25, 0.3) is 0 Å². The number of rotatable bonds is 8. The third-order valence-electron chi connectivity index (χ3n) is 4.19. The lowest BCUT2D eigenvalue weighted by Gasteiger charge is -2.23. The molecule has 2 aromatic rings. The van der Waals surface area contributed by atoms with Gasteiger partial charge in [-0.05, 0) is 37.7 Å². The van der Waals surface area contributed by atoms with Crippen LogP contribution in [0.15, 0.2) is 58.4 Å². The topological polar surface area (TPSA) is 83.0 Å². The molecule has 2 N–H and O–H groups in total. The zero-order valence-electron chi connectivity index (χ0n) is 17.2. The van der Waals surface area contributed by atoms with Gasteiger partial charge in [0.2, 0.25) is 10.0 Å². The Bertz CT molecular complexity index is 919. The van der Waals surface area contributed by atoms with E-state index in [0.29, 0.717) is 13.1 Å². The molecule has 2 rings (SSSR count). The van der Waals surface area contributed by atoms with Crippen molar-refractivity contribution in [2.45, 2.75) is 24.9 Å². The summed E-state index contributed by atoms with van der Waals surface area (Å²) in [5, 5.41) is 3.27. The summed E-state index contributed by atoms with van der Waals surface area (Å²) in [5.74, 6) is 1.56. The van der Waals surface area contributed by atoms with Gasteiger partial charge in [0.05, 0.1) is 18.6 Å². The summed E-state index contributed by atoms with van der Waals surface area (Å²) in [7, 11) is 1.54. The third-order valence-corrected chi connectivity index (χ3v) is 5.60. The quantitative estimate of drug-likeness (QED) is 0.311. The Morgan fingerprint density at radius 2 is 1.90 bits per heavy atom. The number of para-hydroxylation sites is 1. The first kappa shape index (κ1) is 25.2. The molecule has 0 radical (unpaired) electrons. The molecule has 0 aliphatic rings. The minimum Gasteiger partial charge on any atom is -0.496 e.